The number of aromatic nitrogens is 4. The first-order chi connectivity index (χ1) is 10.2. The third-order valence-electron chi connectivity index (χ3n) is 3.71. The van der Waals surface area contributed by atoms with E-state index in [0.29, 0.717) is 0 Å². The summed E-state index contributed by atoms with van der Waals surface area (Å²) >= 11 is 3.67. The Morgan fingerprint density at radius 3 is 2.76 bits per heavy atom. The summed E-state index contributed by atoms with van der Waals surface area (Å²) in [6, 6.07) is 10.4. The number of rotatable bonds is 2. The Labute approximate surface area is 130 Å². The van der Waals surface area contributed by atoms with E-state index in [1.54, 1.807) is 0 Å². The smallest absolute Gasteiger partial charge is 0.143 e. The standard InChI is InChI=1S/C16H13BrN4/c1-20-10-19-13-7-18-16-14(15(13)20)12(17)9-21(16)8-11-5-3-2-4-6-11/h2-7,9-10H,8H2,1H3. The van der Waals surface area contributed by atoms with Crippen molar-refractivity contribution < 1.29 is 0 Å². The molecule has 3 aromatic heterocycles. The average molecular weight is 341 g/mol. The largest absolute Gasteiger partial charge is 0.333 e. The molecule has 0 aliphatic carbocycles. The van der Waals surface area contributed by atoms with Gasteiger partial charge in [-0.25, -0.2) is 9.97 Å². The van der Waals surface area contributed by atoms with E-state index in [4.69, 9.17) is 0 Å². The molecule has 21 heavy (non-hydrogen) atoms. The number of halogens is 1. The zero-order chi connectivity index (χ0) is 14.4. The molecule has 0 amide bonds. The Kier molecular flexibility index (Phi) is 2.82. The lowest BCUT2D eigenvalue weighted by Crippen LogP contribution is -1.99. The fourth-order valence-electron chi connectivity index (χ4n) is 2.74. The summed E-state index contributed by atoms with van der Waals surface area (Å²) in [5, 5.41) is 1.11. The number of fused-ring (bicyclic) bond motifs is 3. The van der Waals surface area contributed by atoms with Crippen LogP contribution < -0.4 is 0 Å². The molecule has 5 heteroatoms. The molecule has 0 aliphatic rings. The van der Waals surface area contributed by atoms with Gasteiger partial charge in [0.2, 0.25) is 0 Å². The Balaban J connectivity index is 1.95. The second kappa shape index (κ2) is 4.70. The van der Waals surface area contributed by atoms with Gasteiger partial charge in [-0.05, 0) is 21.5 Å². The van der Waals surface area contributed by atoms with Gasteiger partial charge in [0.25, 0.3) is 0 Å². The van der Waals surface area contributed by atoms with Crippen molar-refractivity contribution in [3.63, 3.8) is 0 Å². The van der Waals surface area contributed by atoms with Gasteiger partial charge in [0.05, 0.1) is 23.4 Å². The van der Waals surface area contributed by atoms with Gasteiger partial charge in [-0.15, -0.1) is 0 Å². The number of aryl methyl sites for hydroxylation is 1. The summed E-state index contributed by atoms with van der Waals surface area (Å²) in [5.41, 5.74) is 4.26. The second-order valence-corrected chi connectivity index (χ2v) is 5.99. The lowest BCUT2D eigenvalue weighted by atomic mass is 10.2. The van der Waals surface area contributed by atoms with Crippen LogP contribution in [0.2, 0.25) is 0 Å². The molecule has 104 valence electrons. The first kappa shape index (κ1) is 12.6. The van der Waals surface area contributed by atoms with E-state index < -0.39 is 0 Å². The van der Waals surface area contributed by atoms with Gasteiger partial charge in [-0.2, -0.15) is 0 Å². The summed E-state index contributed by atoms with van der Waals surface area (Å²) in [7, 11) is 2.01. The van der Waals surface area contributed by atoms with Gasteiger partial charge in [-0.1, -0.05) is 30.3 Å². The highest BCUT2D eigenvalue weighted by atomic mass is 79.9. The minimum absolute atomic E-state index is 0.805. The molecule has 3 heterocycles. The minimum Gasteiger partial charge on any atom is -0.333 e. The topological polar surface area (TPSA) is 35.6 Å². The fourth-order valence-corrected chi connectivity index (χ4v) is 3.35. The van der Waals surface area contributed by atoms with Crippen LogP contribution in [0.5, 0.6) is 0 Å². The van der Waals surface area contributed by atoms with Crippen molar-refractivity contribution in [3.05, 3.63) is 59.1 Å². The van der Waals surface area contributed by atoms with Crippen molar-refractivity contribution in [2.45, 2.75) is 6.54 Å². The molecule has 0 saturated heterocycles. The number of hydrogen-bond acceptors (Lipinski definition) is 2. The van der Waals surface area contributed by atoms with E-state index in [9.17, 15) is 0 Å². The Morgan fingerprint density at radius 1 is 1.14 bits per heavy atom. The lowest BCUT2D eigenvalue weighted by Gasteiger charge is -2.05. The molecular weight excluding hydrogens is 328 g/mol. The van der Waals surface area contributed by atoms with E-state index in [0.717, 1.165) is 33.1 Å². The van der Waals surface area contributed by atoms with Crippen LogP contribution in [-0.2, 0) is 13.6 Å². The van der Waals surface area contributed by atoms with Crippen LogP contribution in [0.1, 0.15) is 5.56 Å². The third kappa shape index (κ3) is 1.96. The van der Waals surface area contributed by atoms with Crippen LogP contribution in [-0.4, -0.2) is 19.1 Å². The lowest BCUT2D eigenvalue weighted by molar-refractivity contribution is 0.824. The molecule has 1 aromatic carbocycles. The van der Waals surface area contributed by atoms with E-state index >= 15 is 0 Å². The zero-order valence-electron chi connectivity index (χ0n) is 11.5. The highest BCUT2D eigenvalue weighted by Gasteiger charge is 2.14. The highest BCUT2D eigenvalue weighted by Crippen LogP contribution is 2.31. The van der Waals surface area contributed by atoms with Crippen molar-refractivity contribution >= 4 is 38.0 Å². The number of imidazole rings is 1. The Bertz CT molecular complexity index is 937. The van der Waals surface area contributed by atoms with Crippen molar-refractivity contribution in [3.8, 4) is 0 Å². The summed E-state index contributed by atoms with van der Waals surface area (Å²) in [4.78, 5) is 8.97. The fraction of sp³-hybridized carbons (Fsp3) is 0.125. The van der Waals surface area contributed by atoms with E-state index in [1.165, 1.54) is 5.56 Å². The summed E-state index contributed by atoms with van der Waals surface area (Å²) < 4.78 is 5.26. The predicted molar refractivity (Wildman–Crippen MR) is 87.2 cm³/mol. The first-order valence-corrected chi connectivity index (χ1v) is 7.51. The van der Waals surface area contributed by atoms with E-state index in [1.807, 2.05) is 30.2 Å². The summed E-state index contributed by atoms with van der Waals surface area (Å²) in [6.07, 6.45) is 5.76. The van der Waals surface area contributed by atoms with Crippen LogP contribution in [0.15, 0.2) is 53.5 Å². The average Bonchev–Trinajstić information content (AvgIpc) is 3.02. The molecular formula is C16H13BrN4. The monoisotopic (exact) mass is 340 g/mol. The van der Waals surface area contributed by atoms with Gasteiger partial charge >= 0.3 is 0 Å². The molecule has 0 N–H and O–H groups in total. The summed E-state index contributed by atoms with van der Waals surface area (Å²) in [6.45, 7) is 0.805. The normalized spacial score (nSPS) is 11.5. The zero-order valence-corrected chi connectivity index (χ0v) is 13.1. The quantitative estimate of drug-likeness (QED) is 0.557. The molecule has 4 rings (SSSR count). The van der Waals surface area contributed by atoms with Gasteiger partial charge in [-0.3, -0.25) is 0 Å². The van der Waals surface area contributed by atoms with Gasteiger partial charge < -0.3 is 9.13 Å². The van der Waals surface area contributed by atoms with Crippen molar-refractivity contribution in [2.24, 2.45) is 7.05 Å². The molecule has 4 nitrogen and oxygen atoms in total. The highest BCUT2D eigenvalue weighted by molar-refractivity contribution is 9.10. The van der Waals surface area contributed by atoms with Gasteiger partial charge in [0.15, 0.2) is 0 Å². The van der Waals surface area contributed by atoms with Crippen LogP contribution in [0.3, 0.4) is 0 Å². The molecule has 0 radical (unpaired) electrons. The van der Waals surface area contributed by atoms with Crippen molar-refractivity contribution in [1.29, 1.82) is 0 Å². The van der Waals surface area contributed by atoms with Crippen LogP contribution in [0.4, 0.5) is 0 Å². The maximum Gasteiger partial charge on any atom is 0.143 e. The first-order valence-electron chi connectivity index (χ1n) is 6.72. The SMILES string of the molecule is Cn1cnc2cnc3c(c(Br)cn3Cc3ccccc3)c21. The van der Waals surface area contributed by atoms with Gasteiger partial charge in [0.1, 0.15) is 11.2 Å². The van der Waals surface area contributed by atoms with E-state index in [2.05, 4.69) is 60.9 Å². The van der Waals surface area contributed by atoms with E-state index in [-0.39, 0.29) is 0 Å². The van der Waals surface area contributed by atoms with Crippen molar-refractivity contribution in [2.75, 3.05) is 0 Å². The number of pyridine rings is 1. The molecule has 0 spiro atoms. The maximum absolute atomic E-state index is 4.60. The molecule has 0 bridgehead atoms. The molecule has 0 unspecified atom stereocenters. The number of benzene rings is 1. The van der Waals surface area contributed by atoms with Crippen LogP contribution in [0.25, 0.3) is 22.1 Å². The number of hydrogen-bond donors (Lipinski definition) is 0. The molecule has 4 aromatic rings. The Morgan fingerprint density at radius 2 is 1.95 bits per heavy atom. The van der Waals surface area contributed by atoms with Crippen molar-refractivity contribution in [1.82, 2.24) is 19.1 Å². The predicted octanol–water partition coefficient (Wildman–Crippen LogP) is 3.73. The van der Waals surface area contributed by atoms with Crippen LogP contribution in [0, 0.1) is 0 Å². The molecule has 0 aliphatic heterocycles. The summed E-state index contributed by atoms with van der Waals surface area (Å²) in [5.74, 6) is 0. The van der Waals surface area contributed by atoms with Crippen LogP contribution >= 0.6 is 15.9 Å². The van der Waals surface area contributed by atoms with Gasteiger partial charge in [0, 0.05) is 24.3 Å². The molecule has 0 fully saturated rings. The third-order valence-corrected chi connectivity index (χ3v) is 4.31. The Hall–Kier alpha value is -2.14. The minimum atomic E-state index is 0.805. The second-order valence-electron chi connectivity index (χ2n) is 5.14. The molecule has 0 atom stereocenters. The molecule has 0 saturated carbocycles. The number of nitrogens with zero attached hydrogens (tertiary/aromatic N) is 4. The maximum atomic E-state index is 4.60.